The minimum atomic E-state index is -2.14. The van der Waals surface area contributed by atoms with Gasteiger partial charge in [0, 0.05) is 5.33 Å². The van der Waals surface area contributed by atoms with Gasteiger partial charge in [-0.05, 0) is 36.4 Å². The van der Waals surface area contributed by atoms with Gasteiger partial charge >= 0.3 is 5.97 Å². The van der Waals surface area contributed by atoms with E-state index in [2.05, 4.69) is 52.3 Å². The maximum absolute atomic E-state index is 12.7. The summed E-state index contributed by atoms with van der Waals surface area (Å²) in [7, 11) is -2.14. The summed E-state index contributed by atoms with van der Waals surface area (Å²) < 4.78 is 5.45. The molecule has 0 atom stereocenters. The number of hydrogen-bond acceptors (Lipinski definition) is 2. The van der Waals surface area contributed by atoms with Crippen LogP contribution in [0.4, 0.5) is 0 Å². The average Bonchev–Trinajstić information content (AvgIpc) is 2.72. The molecule has 0 spiro atoms. The van der Waals surface area contributed by atoms with E-state index in [9.17, 15) is 4.79 Å². The lowest BCUT2D eigenvalue weighted by Gasteiger charge is -2.26. The number of halogens is 1. The van der Waals surface area contributed by atoms with Gasteiger partial charge in [-0.15, -0.1) is 0 Å². The number of hydrogen-bond donors (Lipinski definition) is 0. The van der Waals surface area contributed by atoms with Crippen molar-refractivity contribution in [3.63, 3.8) is 0 Å². The van der Waals surface area contributed by atoms with Crippen molar-refractivity contribution >= 4 is 45.1 Å². The van der Waals surface area contributed by atoms with Gasteiger partial charge in [0.25, 0.3) is 0 Å². The zero-order valence-electron chi connectivity index (χ0n) is 14.4. The van der Waals surface area contributed by atoms with Crippen molar-refractivity contribution in [2.75, 3.05) is 18.1 Å². The Balaban J connectivity index is 2.19. The third-order valence-electron chi connectivity index (χ3n) is 4.30. The molecule has 0 saturated carbocycles. The van der Waals surface area contributed by atoms with Gasteiger partial charge in [0.05, 0.1) is 0 Å². The molecule has 3 aromatic rings. The second-order valence-corrected chi connectivity index (χ2v) is 10.2. The second-order valence-electron chi connectivity index (χ2n) is 5.88. The van der Waals surface area contributed by atoms with Crippen LogP contribution in [-0.4, -0.2) is 24.1 Å². The van der Waals surface area contributed by atoms with Gasteiger partial charge in [-0.25, -0.2) is 4.79 Å². The second kappa shape index (κ2) is 9.12. The first kappa shape index (κ1) is 18.8. The van der Waals surface area contributed by atoms with Gasteiger partial charge in [-0.1, -0.05) is 70.5 Å². The summed E-state index contributed by atoms with van der Waals surface area (Å²) in [6.07, 6.45) is 0.359. The predicted molar refractivity (Wildman–Crippen MR) is 115 cm³/mol. The monoisotopic (exact) mass is 427 g/mol. The van der Waals surface area contributed by atoms with Crippen LogP contribution >= 0.6 is 23.2 Å². The molecular weight excluding hydrogens is 407 g/mol. The average molecular weight is 428 g/mol. The molecule has 4 heteroatoms. The summed E-state index contributed by atoms with van der Waals surface area (Å²) in [6, 6.07) is 31.1. The normalized spacial score (nSPS) is 11.1. The molecule has 132 valence electrons. The number of alkyl halides is 1. The summed E-state index contributed by atoms with van der Waals surface area (Å²) >= 11 is 3.32. The highest BCUT2D eigenvalue weighted by Crippen LogP contribution is 2.55. The molecule has 0 aliphatic rings. The summed E-state index contributed by atoms with van der Waals surface area (Å²) in [4.78, 5) is 12.7. The van der Waals surface area contributed by atoms with Crippen molar-refractivity contribution in [2.24, 2.45) is 0 Å². The van der Waals surface area contributed by atoms with Crippen LogP contribution in [0.15, 0.2) is 91.0 Å². The number of carbonyl (C=O) groups excluding carboxylic acids is 1. The topological polar surface area (TPSA) is 26.3 Å². The first-order chi connectivity index (χ1) is 12.8. The van der Waals surface area contributed by atoms with Crippen molar-refractivity contribution in [1.29, 1.82) is 0 Å². The van der Waals surface area contributed by atoms with Gasteiger partial charge < -0.3 is 4.74 Å². The molecule has 0 heterocycles. The lowest BCUT2D eigenvalue weighted by molar-refractivity contribution is -0.139. The van der Waals surface area contributed by atoms with Crippen molar-refractivity contribution in [3.8, 4) is 0 Å². The predicted octanol–water partition coefficient (Wildman–Crippen LogP) is 3.92. The zero-order valence-corrected chi connectivity index (χ0v) is 16.9. The number of esters is 1. The highest BCUT2D eigenvalue weighted by atomic mass is 79.9. The number of carbonyl (C=O) groups is 1. The molecule has 0 saturated heterocycles. The Morgan fingerprint density at radius 3 is 1.46 bits per heavy atom. The fraction of sp³-hybridized carbons (Fsp3) is 0.136. The number of benzene rings is 3. The molecule has 0 aromatic heterocycles. The van der Waals surface area contributed by atoms with E-state index in [1.54, 1.807) is 0 Å². The van der Waals surface area contributed by atoms with Crippen LogP contribution in [0.3, 0.4) is 0 Å². The standard InChI is InChI=1S/C22H21BrO2P/c23-16-17-25-22(24)18-26(19-10-4-1-5-11-19,20-12-6-2-7-13-20)21-14-8-3-9-15-21/h1-15H,16-18H2/q+1. The van der Waals surface area contributed by atoms with Crippen molar-refractivity contribution in [2.45, 2.75) is 0 Å². The lowest BCUT2D eigenvalue weighted by atomic mass is 10.4. The van der Waals surface area contributed by atoms with E-state index in [-0.39, 0.29) is 5.97 Å². The zero-order chi connectivity index (χ0) is 18.2. The summed E-state index contributed by atoms with van der Waals surface area (Å²) in [5, 5.41) is 4.21. The summed E-state index contributed by atoms with van der Waals surface area (Å²) in [5.74, 6) is -0.158. The Kier molecular flexibility index (Phi) is 6.60. The molecule has 0 radical (unpaired) electrons. The molecular formula is C22H21BrO2P+. The Morgan fingerprint density at radius 2 is 1.12 bits per heavy atom. The molecule has 0 amide bonds. The quantitative estimate of drug-likeness (QED) is 0.324. The fourth-order valence-electron chi connectivity index (χ4n) is 3.16. The van der Waals surface area contributed by atoms with Crippen LogP contribution < -0.4 is 15.9 Å². The molecule has 3 aromatic carbocycles. The van der Waals surface area contributed by atoms with E-state index in [4.69, 9.17) is 4.74 Å². The van der Waals surface area contributed by atoms with Crippen LogP contribution in [0, 0.1) is 0 Å². The van der Waals surface area contributed by atoms with Crippen molar-refractivity contribution in [1.82, 2.24) is 0 Å². The van der Waals surface area contributed by atoms with Crippen LogP contribution in [-0.2, 0) is 9.53 Å². The Bertz CT molecular complexity index is 726. The Morgan fingerprint density at radius 1 is 0.731 bits per heavy atom. The van der Waals surface area contributed by atoms with Crippen LogP contribution in [0.25, 0.3) is 0 Å². The van der Waals surface area contributed by atoms with E-state index in [0.717, 1.165) is 0 Å². The molecule has 0 bridgehead atoms. The molecule has 0 aliphatic carbocycles. The van der Waals surface area contributed by atoms with E-state index in [1.165, 1.54) is 15.9 Å². The van der Waals surface area contributed by atoms with Gasteiger partial charge in [0.15, 0.2) is 6.16 Å². The van der Waals surface area contributed by atoms with E-state index >= 15 is 0 Å². The van der Waals surface area contributed by atoms with Gasteiger partial charge in [-0.3, -0.25) is 0 Å². The third-order valence-corrected chi connectivity index (χ3v) is 8.89. The first-order valence-corrected chi connectivity index (χ1v) is 11.6. The maximum atomic E-state index is 12.7. The Labute approximate surface area is 163 Å². The Hall–Kier alpha value is -1.96. The van der Waals surface area contributed by atoms with E-state index in [1.807, 2.05) is 54.6 Å². The molecule has 0 unspecified atom stereocenters. The fourth-order valence-corrected chi connectivity index (χ4v) is 7.29. The minimum absolute atomic E-state index is 0.158. The van der Waals surface area contributed by atoms with E-state index in [0.29, 0.717) is 18.1 Å². The molecule has 26 heavy (non-hydrogen) atoms. The SMILES string of the molecule is O=C(C[P+](c1ccccc1)(c1ccccc1)c1ccccc1)OCCBr. The van der Waals surface area contributed by atoms with E-state index < -0.39 is 7.26 Å². The summed E-state index contributed by atoms with van der Waals surface area (Å²) in [5.41, 5.74) is 0. The summed E-state index contributed by atoms with van der Waals surface area (Å²) in [6.45, 7) is 0.386. The van der Waals surface area contributed by atoms with Crippen LogP contribution in [0.2, 0.25) is 0 Å². The molecule has 0 N–H and O–H groups in total. The van der Waals surface area contributed by atoms with Gasteiger partial charge in [0.1, 0.15) is 29.8 Å². The van der Waals surface area contributed by atoms with Crippen molar-refractivity contribution in [3.05, 3.63) is 91.0 Å². The largest absolute Gasteiger partial charge is 0.462 e. The smallest absolute Gasteiger partial charge is 0.345 e. The van der Waals surface area contributed by atoms with Crippen molar-refractivity contribution < 1.29 is 9.53 Å². The number of ether oxygens (including phenoxy) is 1. The molecule has 0 fully saturated rings. The molecule has 0 aliphatic heterocycles. The lowest BCUT2D eigenvalue weighted by Crippen LogP contribution is -2.36. The van der Waals surface area contributed by atoms with Gasteiger partial charge in [-0.2, -0.15) is 0 Å². The highest BCUT2D eigenvalue weighted by Gasteiger charge is 2.47. The maximum Gasteiger partial charge on any atom is 0.345 e. The minimum Gasteiger partial charge on any atom is -0.462 e. The molecule has 2 nitrogen and oxygen atoms in total. The highest BCUT2D eigenvalue weighted by molar-refractivity contribution is 9.09. The van der Waals surface area contributed by atoms with Crippen LogP contribution in [0.1, 0.15) is 0 Å². The van der Waals surface area contributed by atoms with Crippen LogP contribution in [0.5, 0.6) is 0 Å². The molecule has 3 rings (SSSR count). The first-order valence-electron chi connectivity index (χ1n) is 8.54. The third kappa shape index (κ3) is 4.06. The van der Waals surface area contributed by atoms with Gasteiger partial charge in [0.2, 0.25) is 0 Å². The number of rotatable bonds is 7.